The number of benzene rings is 1. The van der Waals surface area contributed by atoms with Crippen LogP contribution < -0.4 is 10.6 Å². The number of aromatic nitrogens is 2. The molecule has 1 heterocycles. The monoisotopic (exact) mass is 328 g/mol. The zero-order valence-electron chi connectivity index (χ0n) is 15.3. The lowest BCUT2D eigenvalue weighted by atomic mass is 10.1. The number of carbonyl (C=O) groups is 1. The van der Waals surface area contributed by atoms with Gasteiger partial charge in [0, 0.05) is 30.4 Å². The highest BCUT2D eigenvalue weighted by molar-refractivity contribution is 5.91. The normalized spacial score (nSPS) is 12.2. The smallest absolute Gasteiger partial charge is 0.225 e. The first-order chi connectivity index (χ1) is 11.3. The highest BCUT2D eigenvalue weighted by Crippen LogP contribution is 2.16. The van der Waals surface area contributed by atoms with Crippen molar-refractivity contribution in [3.8, 4) is 0 Å². The van der Waals surface area contributed by atoms with Crippen LogP contribution in [0.1, 0.15) is 35.9 Å². The van der Waals surface area contributed by atoms with Crippen molar-refractivity contribution in [3.05, 3.63) is 46.8 Å². The third-order valence-corrected chi connectivity index (χ3v) is 4.06. The van der Waals surface area contributed by atoms with Crippen LogP contribution in [-0.4, -0.2) is 28.3 Å². The van der Waals surface area contributed by atoms with Crippen LogP contribution in [0.5, 0.6) is 0 Å². The number of amides is 1. The second-order valence-electron chi connectivity index (χ2n) is 6.58. The van der Waals surface area contributed by atoms with Gasteiger partial charge in [0.25, 0.3) is 0 Å². The third kappa shape index (κ3) is 5.20. The van der Waals surface area contributed by atoms with Crippen molar-refractivity contribution >= 4 is 11.6 Å². The summed E-state index contributed by atoms with van der Waals surface area (Å²) in [7, 11) is 0. The van der Waals surface area contributed by atoms with E-state index in [2.05, 4.69) is 35.6 Å². The van der Waals surface area contributed by atoms with Crippen LogP contribution in [-0.2, 0) is 11.3 Å². The summed E-state index contributed by atoms with van der Waals surface area (Å²) in [5.74, 6) is 0.0366. The average Bonchev–Trinajstić information content (AvgIpc) is 2.80. The number of anilines is 1. The van der Waals surface area contributed by atoms with Crippen LogP contribution in [0.4, 0.5) is 5.69 Å². The lowest BCUT2D eigenvalue weighted by Crippen LogP contribution is -2.33. The molecule has 130 valence electrons. The van der Waals surface area contributed by atoms with Gasteiger partial charge in [-0.15, -0.1) is 0 Å². The Hall–Kier alpha value is -2.14. The SMILES string of the molecule is Cc1ccc(C)c(NC(=O)CCNC(C)Cn2nc(C)cc2C)c1. The lowest BCUT2D eigenvalue weighted by Gasteiger charge is -2.15. The molecule has 0 bridgehead atoms. The molecule has 2 N–H and O–H groups in total. The predicted octanol–water partition coefficient (Wildman–Crippen LogP) is 3.12. The molecule has 1 unspecified atom stereocenters. The third-order valence-electron chi connectivity index (χ3n) is 4.06. The van der Waals surface area contributed by atoms with E-state index < -0.39 is 0 Å². The van der Waals surface area contributed by atoms with Crippen molar-refractivity contribution < 1.29 is 4.79 Å². The molecule has 0 aliphatic carbocycles. The molecular formula is C19H28N4O. The largest absolute Gasteiger partial charge is 0.326 e. The fraction of sp³-hybridized carbons (Fsp3) is 0.474. The van der Waals surface area contributed by atoms with Gasteiger partial charge < -0.3 is 10.6 Å². The molecule has 0 spiro atoms. The van der Waals surface area contributed by atoms with Gasteiger partial charge in [-0.2, -0.15) is 5.10 Å². The minimum Gasteiger partial charge on any atom is -0.326 e. The van der Waals surface area contributed by atoms with Crippen molar-refractivity contribution in [2.75, 3.05) is 11.9 Å². The fourth-order valence-corrected chi connectivity index (χ4v) is 2.70. The molecule has 1 atom stereocenters. The Labute approximate surface area is 144 Å². The van der Waals surface area contributed by atoms with E-state index in [0.717, 1.165) is 34.7 Å². The van der Waals surface area contributed by atoms with Crippen molar-refractivity contribution in [2.24, 2.45) is 0 Å². The molecule has 0 aliphatic rings. The number of hydrogen-bond acceptors (Lipinski definition) is 3. The number of carbonyl (C=O) groups excluding carboxylic acids is 1. The van der Waals surface area contributed by atoms with Gasteiger partial charge in [-0.25, -0.2) is 0 Å². The first kappa shape index (κ1) is 18.2. The second kappa shape index (κ2) is 8.11. The van der Waals surface area contributed by atoms with Crippen molar-refractivity contribution in [2.45, 2.75) is 53.6 Å². The first-order valence-corrected chi connectivity index (χ1v) is 8.46. The van der Waals surface area contributed by atoms with Crippen molar-refractivity contribution in [1.82, 2.24) is 15.1 Å². The number of nitrogens with zero attached hydrogens (tertiary/aromatic N) is 2. The van der Waals surface area contributed by atoms with Gasteiger partial charge in [0.2, 0.25) is 5.91 Å². The standard InChI is InChI=1S/C19H28N4O/c1-13-6-7-14(2)18(10-13)21-19(24)8-9-20-16(4)12-23-17(5)11-15(3)22-23/h6-7,10-11,16,20H,8-9,12H2,1-5H3,(H,21,24). The number of nitrogens with one attached hydrogen (secondary N) is 2. The Morgan fingerprint density at radius 1 is 1.21 bits per heavy atom. The summed E-state index contributed by atoms with van der Waals surface area (Å²) in [6.07, 6.45) is 0.453. The Morgan fingerprint density at radius 2 is 1.96 bits per heavy atom. The molecule has 2 aromatic rings. The van der Waals surface area contributed by atoms with Crippen LogP contribution in [0.15, 0.2) is 24.3 Å². The highest BCUT2D eigenvalue weighted by atomic mass is 16.1. The molecule has 1 aromatic heterocycles. The topological polar surface area (TPSA) is 59.0 Å². The molecular weight excluding hydrogens is 300 g/mol. The van der Waals surface area contributed by atoms with Gasteiger partial charge in [-0.1, -0.05) is 12.1 Å². The molecule has 24 heavy (non-hydrogen) atoms. The summed E-state index contributed by atoms with van der Waals surface area (Å²) in [4.78, 5) is 12.1. The molecule has 0 aliphatic heterocycles. The zero-order valence-corrected chi connectivity index (χ0v) is 15.3. The van der Waals surface area contributed by atoms with E-state index in [1.165, 1.54) is 0 Å². The van der Waals surface area contributed by atoms with Gasteiger partial charge in [0.15, 0.2) is 0 Å². The van der Waals surface area contributed by atoms with Gasteiger partial charge in [-0.3, -0.25) is 9.48 Å². The molecule has 0 radical (unpaired) electrons. The maximum atomic E-state index is 12.1. The van der Waals surface area contributed by atoms with E-state index in [9.17, 15) is 4.79 Å². The zero-order chi connectivity index (χ0) is 17.7. The van der Waals surface area contributed by atoms with Crippen LogP contribution in [0, 0.1) is 27.7 Å². The molecule has 5 nitrogen and oxygen atoms in total. The molecule has 1 amide bonds. The second-order valence-corrected chi connectivity index (χ2v) is 6.58. The summed E-state index contributed by atoms with van der Waals surface area (Å²) in [5, 5.41) is 10.8. The van der Waals surface area contributed by atoms with Gasteiger partial charge in [0.1, 0.15) is 0 Å². The Balaban J connectivity index is 1.76. The molecule has 0 saturated heterocycles. The summed E-state index contributed by atoms with van der Waals surface area (Å²) < 4.78 is 2.00. The summed E-state index contributed by atoms with van der Waals surface area (Å²) in [6.45, 7) is 11.7. The summed E-state index contributed by atoms with van der Waals surface area (Å²) in [6, 6.07) is 8.42. The number of rotatable bonds is 7. The Bertz CT molecular complexity index is 705. The van der Waals surface area contributed by atoms with Crippen LogP contribution in [0.25, 0.3) is 0 Å². The van der Waals surface area contributed by atoms with E-state index in [0.29, 0.717) is 13.0 Å². The van der Waals surface area contributed by atoms with Crippen molar-refractivity contribution in [1.29, 1.82) is 0 Å². The average molecular weight is 328 g/mol. The van der Waals surface area contributed by atoms with Crippen molar-refractivity contribution in [3.63, 3.8) is 0 Å². The molecule has 5 heteroatoms. The maximum Gasteiger partial charge on any atom is 0.225 e. The number of hydrogen-bond donors (Lipinski definition) is 2. The first-order valence-electron chi connectivity index (χ1n) is 8.46. The summed E-state index contributed by atoms with van der Waals surface area (Å²) >= 11 is 0. The van der Waals surface area contributed by atoms with Gasteiger partial charge in [-0.05, 0) is 57.9 Å². The van der Waals surface area contributed by atoms with Crippen LogP contribution in [0.3, 0.4) is 0 Å². The van der Waals surface area contributed by atoms with E-state index in [-0.39, 0.29) is 11.9 Å². The molecule has 0 saturated carbocycles. The molecule has 0 fully saturated rings. The number of aryl methyl sites for hydroxylation is 4. The van der Waals surface area contributed by atoms with Crippen LogP contribution >= 0.6 is 0 Å². The minimum atomic E-state index is 0.0366. The quantitative estimate of drug-likeness (QED) is 0.821. The predicted molar refractivity (Wildman–Crippen MR) is 98.3 cm³/mol. The highest BCUT2D eigenvalue weighted by Gasteiger charge is 2.09. The maximum absolute atomic E-state index is 12.1. The van der Waals surface area contributed by atoms with E-state index in [1.54, 1.807) is 0 Å². The van der Waals surface area contributed by atoms with E-state index >= 15 is 0 Å². The van der Waals surface area contributed by atoms with E-state index in [4.69, 9.17) is 0 Å². The molecule has 1 aromatic carbocycles. The minimum absolute atomic E-state index is 0.0366. The van der Waals surface area contributed by atoms with Crippen LogP contribution in [0.2, 0.25) is 0 Å². The van der Waals surface area contributed by atoms with Gasteiger partial charge >= 0.3 is 0 Å². The lowest BCUT2D eigenvalue weighted by molar-refractivity contribution is -0.116. The van der Waals surface area contributed by atoms with Gasteiger partial charge in [0.05, 0.1) is 12.2 Å². The summed E-state index contributed by atoms with van der Waals surface area (Å²) in [5.41, 5.74) is 5.32. The van der Waals surface area contributed by atoms with E-state index in [1.807, 2.05) is 43.7 Å². The molecule has 2 rings (SSSR count). The fourth-order valence-electron chi connectivity index (χ4n) is 2.70. The Morgan fingerprint density at radius 3 is 2.62 bits per heavy atom. The Kier molecular flexibility index (Phi) is 6.15.